The summed E-state index contributed by atoms with van der Waals surface area (Å²) >= 11 is -1.43. The van der Waals surface area contributed by atoms with Crippen LogP contribution in [0.5, 0.6) is 0 Å². The van der Waals surface area contributed by atoms with Gasteiger partial charge in [-0.3, -0.25) is 4.55 Å². The molecule has 3 aromatic carbocycles. The minimum Gasteiger partial charge on any atom is -0.478 e. The summed E-state index contributed by atoms with van der Waals surface area (Å²) in [7, 11) is -3.78. The van der Waals surface area contributed by atoms with Crippen molar-refractivity contribution in [2.45, 2.75) is 22.6 Å². The quantitative estimate of drug-likeness (QED) is 0.284. The van der Waals surface area contributed by atoms with Crippen molar-refractivity contribution in [3.63, 3.8) is 0 Å². The minimum absolute atomic E-state index is 0.0343. The standard InChI is InChI=1S/C25H21NO6S3/c27-25(28)22-12-6-4-8-18(22)14-15-19-9-5-7-13-23(19)26(34(29)30)24-16-21(17-33-24)35(31,32)20-10-2-1-3-11-20/h1-13,16-17H,14-15H2,(H,27,28)(H,29,30). The first-order chi connectivity index (χ1) is 16.8. The zero-order valence-corrected chi connectivity index (χ0v) is 20.7. The fourth-order valence-electron chi connectivity index (χ4n) is 3.71. The summed E-state index contributed by atoms with van der Waals surface area (Å²) in [6, 6.07) is 23.1. The van der Waals surface area contributed by atoms with Gasteiger partial charge in [-0.15, -0.1) is 11.3 Å². The first kappa shape index (κ1) is 24.8. The zero-order chi connectivity index (χ0) is 25.0. The molecule has 7 nitrogen and oxygen atoms in total. The highest BCUT2D eigenvalue weighted by atomic mass is 32.2. The molecule has 1 atom stereocenters. The number of anilines is 2. The van der Waals surface area contributed by atoms with E-state index in [1.54, 1.807) is 66.7 Å². The number of aromatic carboxylic acids is 1. The molecular weight excluding hydrogens is 506 g/mol. The van der Waals surface area contributed by atoms with Gasteiger partial charge in [0, 0.05) is 5.38 Å². The molecule has 0 radical (unpaired) electrons. The number of thiophene rings is 1. The highest BCUT2D eigenvalue weighted by Crippen LogP contribution is 2.37. The number of nitrogens with zero attached hydrogens (tertiary/aromatic N) is 1. The van der Waals surface area contributed by atoms with Crippen molar-refractivity contribution in [3.05, 3.63) is 107 Å². The number of para-hydroxylation sites is 1. The van der Waals surface area contributed by atoms with E-state index in [9.17, 15) is 27.1 Å². The van der Waals surface area contributed by atoms with E-state index >= 15 is 0 Å². The smallest absolute Gasteiger partial charge is 0.335 e. The van der Waals surface area contributed by atoms with E-state index in [2.05, 4.69) is 0 Å². The molecule has 0 bridgehead atoms. The number of rotatable bonds is 9. The van der Waals surface area contributed by atoms with Crippen molar-refractivity contribution in [2.24, 2.45) is 0 Å². The second-order valence-corrected chi connectivity index (χ2v) is 11.2. The van der Waals surface area contributed by atoms with E-state index in [1.165, 1.54) is 27.9 Å². The van der Waals surface area contributed by atoms with Crippen LogP contribution < -0.4 is 4.31 Å². The van der Waals surface area contributed by atoms with Gasteiger partial charge in [-0.05, 0) is 54.3 Å². The molecule has 0 aliphatic heterocycles. The van der Waals surface area contributed by atoms with Crippen LogP contribution in [0.3, 0.4) is 0 Å². The topological polar surface area (TPSA) is 112 Å². The Morgan fingerprint density at radius 3 is 2.14 bits per heavy atom. The third kappa shape index (κ3) is 5.35. The molecule has 1 heterocycles. The highest BCUT2D eigenvalue weighted by Gasteiger charge is 2.25. The van der Waals surface area contributed by atoms with Crippen LogP contribution in [0.4, 0.5) is 10.7 Å². The average Bonchev–Trinajstić information content (AvgIpc) is 3.34. The lowest BCUT2D eigenvalue weighted by molar-refractivity contribution is 0.0695. The van der Waals surface area contributed by atoms with Gasteiger partial charge in [-0.25, -0.2) is 21.7 Å². The largest absolute Gasteiger partial charge is 0.478 e. The van der Waals surface area contributed by atoms with Crippen molar-refractivity contribution in [2.75, 3.05) is 4.31 Å². The number of hydrogen-bond acceptors (Lipinski definition) is 5. The Morgan fingerprint density at radius 2 is 1.46 bits per heavy atom. The van der Waals surface area contributed by atoms with Crippen LogP contribution in [0.15, 0.2) is 100 Å². The summed E-state index contributed by atoms with van der Waals surface area (Å²) in [4.78, 5) is 11.7. The van der Waals surface area contributed by atoms with Gasteiger partial charge in [0.2, 0.25) is 9.84 Å². The summed E-state index contributed by atoms with van der Waals surface area (Å²) in [5.41, 5.74) is 2.02. The van der Waals surface area contributed by atoms with Crippen LogP contribution >= 0.6 is 11.3 Å². The molecule has 0 aliphatic carbocycles. The molecule has 0 aliphatic rings. The maximum atomic E-state index is 13.0. The molecule has 4 aromatic rings. The number of benzene rings is 3. The monoisotopic (exact) mass is 527 g/mol. The van der Waals surface area contributed by atoms with Crippen LogP contribution in [0.2, 0.25) is 0 Å². The Balaban J connectivity index is 1.67. The van der Waals surface area contributed by atoms with Gasteiger partial charge in [0.15, 0.2) is 0 Å². The van der Waals surface area contributed by atoms with E-state index in [0.717, 1.165) is 16.9 Å². The molecule has 35 heavy (non-hydrogen) atoms. The van der Waals surface area contributed by atoms with Gasteiger partial charge in [-0.1, -0.05) is 54.6 Å². The zero-order valence-electron chi connectivity index (χ0n) is 18.3. The number of sulfone groups is 1. The Morgan fingerprint density at radius 1 is 0.857 bits per heavy atom. The van der Waals surface area contributed by atoms with Crippen LogP contribution in [0.1, 0.15) is 21.5 Å². The average molecular weight is 528 g/mol. The summed E-state index contributed by atoms with van der Waals surface area (Å²) in [6.07, 6.45) is 0.818. The fourth-order valence-corrected chi connectivity index (χ4v) is 7.06. The Hall–Kier alpha value is -3.31. The van der Waals surface area contributed by atoms with Gasteiger partial charge in [0.05, 0.1) is 21.0 Å². The number of hydrogen-bond donors (Lipinski definition) is 2. The van der Waals surface area contributed by atoms with E-state index < -0.39 is 27.1 Å². The maximum absolute atomic E-state index is 13.0. The predicted molar refractivity (Wildman–Crippen MR) is 136 cm³/mol. The van der Waals surface area contributed by atoms with Crippen LogP contribution in [0, 0.1) is 0 Å². The highest BCUT2D eigenvalue weighted by molar-refractivity contribution is 7.91. The lowest BCUT2D eigenvalue weighted by Gasteiger charge is -2.21. The third-order valence-electron chi connectivity index (χ3n) is 5.40. The lowest BCUT2D eigenvalue weighted by Crippen LogP contribution is -2.20. The van der Waals surface area contributed by atoms with Gasteiger partial charge in [-0.2, -0.15) is 0 Å². The second kappa shape index (κ2) is 10.5. The lowest BCUT2D eigenvalue weighted by atomic mass is 9.99. The Labute approximate surface area is 209 Å². The van der Waals surface area contributed by atoms with E-state index in [1.807, 2.05) is 0 Å². The van der Waals surface area contributed by atoms with Gasteiger partial charge < -0.3 is 5.11 Å². The SMILES string of the molecule is O=C(O)c1ccccc1CCc1ccccc1N(c1cc(S(=O)(=O)c2ccccc2)cs1)S(=O)O. The summed E-state index contributed by atoms with van der Waals surface area (Å²) in [5, 5.41) is 11.2. The normalized spacial score (nSPS) is 12.3. The molecule has 1 unspecified atom stereocenters. The Bertz CT molecular complexity index is 1480. The molecule has 0 saturated carbocycles. The number of aryl methyl sites for hydroxylation is 2. The molecule has 0 fully saturated rings. The predicted octanol–water partition coefficient (Wildman–Crippen LogP) is 5.34. The summed E-state index contributed by atoms with van der Waals surface area (Å²) in [6.45, 7) is 0. The maximum Gasteiger partial charge on any atom is 0.335 e. The first-order valence-electron chi connectivity index (χ1n) is 10.5. The number of carbonyl (C=O) groups is 1. The van der Waals surface area contributed by atoms with Crippen LogP contribution in [-0.2, 0) is 33.9 Å². The van der Waals surface area contributed by atoms with Crippen molar-refractivity contribution >= 4 is 49.1 Å². The van der Waals surface area contributed by atoms with E-state index in [-0.39, 0.29) is 15.4 Å². The number of carboxylic acids is 1. The summed E-state index contributed by atoms with van der Waals surface area (Å²) in [5.74, 6) is -1.02. The molecule has 4 rings (SSSR count). The van der Waals surface area contributed by atoms with Crippen molar-refractivity contribution in [1.82, 2.24) is 0 Å². The molecule has 0 amide bonds. The van der Waals surface area contributed by atoms with Gasteiger partial charge in [0.25, 0.3) is 11.3 Å². The molecule has 10 heteroatoms. The number of carboxylic acid groups (broad SMARTS) is 1. The van der Waals surface area contributed by atoms with E-state index in [0.29, 0.717) is 29.1 Å². The molecule has 0 spiro atoms. The van der Waals surface area contributed by atoms with Gasteiger partial charge in [0.1, 0.15) is 5.00 Å². The molecule has 1 aromatic heterocycles. The fraction of sp³-hybridized carbons (Fsp3) is 0.0800. The minimum atomic E-state index is -3.78. The van der Waals surface area contributed by atoms with Crippen molar-refractivity contribution in [1.29, 1.82) is 0 Å². The van der Waals surface area contributed by atoms with E-state index in [4.69, 9.17) is 0 Å². The summed E-state index contributed by atoms with van der Waals surface area (Å²) < 4.78 is 49.7. The van der Waals surface area contributed by atoms with Crippen LogP contribution in [-0.4, -0.2) is 28.3 Å². The molecule has 0 saturated heterocycles. The molecule has 180 valence electrons. The van der Waals surface area contributed by atoms with Crippen LogP contribution in [0.25, 0.3) is 0 Å². The third-order valence-corrected chi connectivity index (χ3v) is 9.04. The first-order valence-corrected chi connectivity index (χ1v) is 13.9. The molecule has 2 N–H and O–H groups in total. The Kier molecular flexibility index (Phi) is 7.46. The van der Waals surface area contributed by atoms with Gasteiger partial charge >= 0.3 is 5.97 Å². The van der Waals surface area contributed by atoms with Crippen molar-refractivity contribution in [3.8, 4) is 0 Å². The van der Waals surface area contributed by atoms with Crippen molar-refractivity contribution < 1.29 is 27.1 Å². The molecular formula is C25H21NO6S3. The second-order valence-electron chi connectivity index (χ2n) is 7.55.